The van der Waals surface area contributed by atoms with Crippen molar-refractivity contribution in [2.45, 2.75) is 38.2 Å². The minimum atomic E-state index is -0.537. The van der Waals surface area contributed by atoms with Crippen molar-refractivity contribution in [2.75, 3.05) is 39.5 Å². The third-order valence-corrected chi connectivity index (χ3v) is 5.84. The van der Waals surface area contributed by atoms with E-state index in [2.05, 4.69) is 11.8 Å². The first-order valence-electron chi connectivity index (χ1n) is 9.49. The maximum atomic E-state index is 12.9. The molecule has 140 valence electrons. The molecule has 2 aliphatic rings. The number of ether oxygens (including phenoxy) is 2. The van der Waals surface area contributed by atoms with Crippen molar-refractivity contribution in [1.82, 2.24) is 4.90 Å². The smallest absolute Gasteiger partial charge is 0.123 e. The first-order chi connectivity index (χ1) is 12.1. The van der Waals surface area contributed by atoms with Crippen LogP contribution in [-0.4, -0.2) is 55.1 Å². The van der Waals surface area contributed by atoms with E-state index in [1.54, 1.807) is 12.1 Å². The highest BCUT2D eigenvalue weighted by Gasteiger charge is 2.44. The molecule has 3 rings (SSSR count). The normalized spacial score (nSPS) is 28.8. The van der Waals surface area contributed by atoms with E-state index in [-0.39, 0.29) is 11.7 Å². The third-order valence-electron chi connectivity index (χ3n) is 5.84. The summed E-state index contributed by atoms with van der Waals surface area (Å²) >= 11 is 0. The molecule has 2 heterocycles. The fraction of sp³-hybridized carbons (Fsp3) is 0.700. The maximum absolute atomic E-state index is 12.9. The molecule has 0 radical (unpaired) electrons. The van der Waals surface area contributed by atoms with Crippen LogP contribution in [0.25, 0.3) is 0 Å². The highest BCUT2D eigenvalue weighted by atomic mass is 19.1. The molecule has 1 N–H and O–H groups in total. The van der Waals surface area contributed by atoms with Gasteiger partial charge in [-0.2, -0.15) is 0 Å². The Hall–Kier alpha value is -1.17. The molecule has 5 heteroatoms. The summed E-state index contributed by atoms with van der Waals surface area (Å²) in [4.78, 5) is 2.42. The van der Waals surface area contributed by atoms with Crippen LogP contribution in [0.4, 0.5) is 4.39 Å². The van der Waals surface area contributed by atoms with Crippen molar-refractivity contribution >= 4 is 0 Å². The van der Waals surface area contributed by atoms with Crippen molar-refractivity contribution in [2.24, 2.45) is 11.8 Å². The first-order valence-corrected chi connectivity index (χ1v) is 9.49. The van der Waals surface area contributed by atoms with Crippen LogP contribution in [0.3, 0.4) is 0 Å². The molecule has 0 amide bonds. The molecule has 2 saturated heterocycles. The summed E-state index contributed by atoms with van der Waals surface area (Å²) in [7, 11) is 0. The second-order valence-corrected chi connectivity index (χ2v) is 7.49. The highest BCUT2D eigenvalue weighted by molar-refractivity contribution is 5.21. The Morgan fingerprint density at radius 2 is 2.00 bits per heavy atom. The quantitative estimate of drug-likeness (QED) is 0.800. The largest absolute Gasteiger partial charge is 0.494 e. The van der Waals surface area contributed by atoms with E-state index in [9.17, 15) is 9.50 Å². The van der Waals surface area contributed by atoms with E-state index in [1.807, 2.05) is 0 Å². The Morgan fingerprint density at radius 3 is 2.68 bits per heavy atom. The molecule has 2 atom stereocenters. The molecule has 0 aliphatic carbocycles. The first kappa shape index (κ1) is 18.6. The fourth-order valence-electron chi connectivity index (χ4n) is 4.24. The maximum Gasteiger partial charge on any atom is 0.123 e. The zero-order valence-corrected chi connectivity index (χ0v) is 15.1. The summed E-state index contributed by atoms with van der Waals surface area (Å²) in [6.45, 7) is 7.21. The van der Waals surface area contributed by atoms with Crippen LogP contribution in [0, 0.1) is 17.7 Å². The minimum Gasteiger partial charge on any atom is -0.494 e. The average molecular weight is 351 g/mol. The molecule has 0 spiro atoms. The van der Waals surface area contributed by atoms with Crippen LogP contribution in [0.15, 0.2) is 24.3 Å². The minimum absolute atomic E-state index is 0.244. The van der Waals surface area contributed by atoms with Gasteiger partial charge in [0.1, 0.15) is 11.6 Å². The van der Waals surface area contributed by atoms with Gasteiger partial charge in [0.2, 0.25) is 0 Å². The Morgan fingerprint density at radius 1 is 1.28 bits per heavy atom. The number of halogens is 1. The van der Waals surface area contributed by atoms with Crippen LogP contribution in [0.2, 0.25) is 0 Å². The van der Waals surface area contributed by atoms with Gasteiger partial charge >= 0.3 is 0 Å². The number of rotatable bonds is 6. The van der Waals surface area contributed by atoms with Crippen LogP contribution in [0.1, 0.15) is 32.6 Å². The van der Waals surface area contributed by atoms with Crippen molar-refractivity contribution in [3.8, 4) is 5.75 Å². The van der Waals surface area contributed by atoms with Gasteiger partial charge in [-0.25, -0.2) is 4.39 Å². The summed E-state index contributed by atoms with van der Waals surface area (Å²) in [6.07, 6.45) is 3.73. The standard InChI is InChI=1S/C20H30FNO3/c1-16-15-22(10-2-12-25-19-5-3-18(21)4-6-19)11-9-20(16,23)17-7-13-24-14-8-17/h3-6,16-17,23H,2,7-15H2,1H3/t16-,20+/m1/s1. The molecule has 2 aliphatic heterocycles. The summed E-state index contributed by atoms with van der Waals surface area (Å²) in [5, 5.41) is 11.2. The number of benzene rings is 1. The monoisotopic (exact) mass is 351 g/mol. The Balaban J connectivity index is 1.39. The van der Waals surface area contributed by atoms with Gasteiger partial charge in [-0.15, -0.1) is 0 Å². The van der Waals surface area contributed by atoms with Crippen molar-refractivity contribution in [1.29, 1.82) is 0 Å². The molecule has 0 unspecified atom stereocenters. The van der Waals surface area contributed by atoms with Crippen LogP contribution < -0.4 is 4.74 Å². The zero-order chi connectivity index (χ0) is 17.7. The van der Waals surface area contributed by atoms with E-state index < -0.39 is 5.60 Å². The lowest BCUT2D eigenvalue weighted by atomic mass is 9.70. The van der Waals surface area contributed by atoms with Gasteiger partial charge in [-0.1, -0.05) is 6.92 Å². The van der Waals surface area contributed by atoms with E-state index in [4.69, 9.17) is 9.47 Å². The predicted molar refractivity (Wildman–Crippen MR) is 95.2 cm³/mol. The summed E-state index contributed by atoms with van der Waals surface area (Å²) in [5.41, 5.74) is -0.537. The number of nitrogens with zero attached hydrogens (tertiary/aromatic N) is 1. The van der Waals surface area contributed by atoms with Crippen LogP contribution in [0.5, 0.6) is 5.75 Å². The van der Waals surface area contributed by atoms with E-state index in [0.717, 1.165) is 58.5 Å². The van der Waals surface area contributed by atoms with Crippen LogP contribution >= 0.6 is 0 Å². The van der Waals surface area contributed by atoms with Crippen molar-refractivity contribution in [3.63, 3.8) is 0 Å². The summed E-state index contributed by atoms with van der Waals surface area (Å²) < 4.78 is 24.0. The summed E-state index contributed by atoms with van der Waals surface area (Å²) in [6, 6.07) is 6.15. The van der Waals surface area contributed by atoms with E-state index in [0.29, 0.717) is 18.3 Å². The Labute approximate surface area is 149 Å². The second-order valence-electron chi connectivity index (χ2n) is 7.49. The molecule has 2 fully saturated rings. The molecular weight excluding hydrogens is 321 g/mol. The van der Waals surface area contributed by atoms with Crippen LogP contribution in [-0.2, 0) is 4.74 Å². The van der Waals surface area contributed by atoms with Gasteiger partial charge < -0.3 is 19.5 Å². The number of aliphatic hydroxyl groups is 1. The molecule has 4 nitrogen and oxygen atoms in total. The Bertz CT molecular complexity index is 532. The van der Waals surface area contributed by atoms with Crippen molar-refractivity contribution in [3.05, 3.63) is 30.1 Å². The molecular formula is C20H30FNO3. The van der Waals surface area contributed by atoms with E-state index in [1.165, 1.54) is 12.1 Å². The van der Waals surface area contributed by atoms with E-state index >= 15 is 0 Å². The van der Waals surface area contributed by atoms with Gasteiger partial charge in [0, 0.05) is 32.8 Å². The summed E-state index contributed by atoms with van der Waals surface area (Å²) in [5.74, 6) is 1.12. The van der Waals surface area contributed by atoms with Gasteiger partial charge in [0.25, 0.3) is 0 Å². The molecule has 1 aromatic carbocycles. The van der Waals surface area contributed by atoms with Gasteiger partial charge in [0.15, 0.2) is 0 Å². The van der Waals surface area contributed by atoms with Gasteiger partial charge in [0.05, 0.1) is 12.2 Å². The molecule has 1 aromatic rings. The zero-order valence-electron chi connectivity index (χ0n) is 15.1. The lowest BCUT2D eigenvalue weighted by Crippen LogP contribution is -2.55. The number of likely N-dealkylation sites (tertiary alicyclic amines) is 1. The lowest BCUT2D eigenvalue weighted by Gasteiger charge is -2.48. The van der Waals surface area contributed by atoms with Gasteiger partial charge in [-0.3, -0.25) is 0 Å². The molecule has 0 bridgehead atoms. The third kappa shape index (κ3) is 4.72. The highest BCUT2D eigenvalue weighted by Crippen LogP contribution is 2.39. The number of hydrogen-bond acceptors (Lipinski definition) is 4. The number of piperidine rings is 1. The van der Waals surface area contributed by atoms with Crippen molar-refractivity contribution < 1.29 is 19.0 Å². The molecule has 0 saturated carbocycles. The fourth-order valence-corrected chi connectivity index (χ4v) is 4.24. The lowest BCUT2D eigenvalue weighted by molar-refractivity contribution is -0.130. The topological polar surface area (TPSA) is 41.9 Å². The van der Waals surface area contributed by atoms with Gasteiger partial charge in [-0.05, 0) is 61.8 Å². The second kappa shape index (κ2) is 8.47. The number of hydrogen-bond donors (Lipinski definition) is 1. The average Bonchev–Trinajstić information content (AvgIpc) is 2.64. The molecule has 25 heavy (non-hydrogen) atoms. The Kier molecular flexibility index (Phi) is 6.31. The molecule has 0 aromatic heterocycles. The predicted octanol–water partition coefficient (Wildman–Crippen LogP) is 3.09. The SMILES string of the molecule is C[C@@H]1CN(CCCOc2ccc(F)cc2)CC[C@@]1(O)C1CCOCC1.